The Labute approximate surface area is 119 Å². The average molecular weight is 274 g/mol. The topological polar surface area (TPSA) is 45.5 Å². The van der Waals surface area contributed by atoms with Crippen LogP contribution >= 0.6 is 0 Å². The first-order valence-corrected chi connectivity index (χ1v) is 7.56. The van der Waals surface area contributed by atoms with Crippen LogP contribution in [0, 0.1) is 5.92 Å². The van der Waals surface area contributed by atoms with Crippen LogP contribution in [0.5, 0.6) is 0 Å². The summed E-state index contributed by atoms with van der Waals surface area (Å²) in [5, 5.41) is 3.38. The first kappa shape index (κ1) is 13.4. The Morgan fingerprint density at radius 2 is 2.15 bits per heavy atom. The van der Waals surface area contributed by atoms with Crippen molar-refractivity contribution >= 4 is 12.0 Å². The van der Waals surface area contributed by atoms with E-state index in [1.807, 2.05) is 12.1 Å². The lowest BCUT2D eigenvalue weighted by molar-refractivity contribution is -0.127. The van der Waals surface area contributed by atoms with E-state index < -0.39 is 0 Å². The Kier molecular flexibility index (Phi) is 4.21. The fraction of sp³-hybridized carbons (Fsp3) is 0.562. The van der Waals surface area contributed by atoms with Gasteiger partial charge in [-0.25, -0.2) is 0 Å². The first-order chi connectivity index (χ1) is 9.83. The predicted octanol–water partition coefficient (Wildman–Crippen LogP) is 2.28. The second-order valence-corrected chi connectivity index (χ2v) is 5.76. The third-order valence-corrected chi connectivity index (χ3v) is 4.12. The fourth-order valence-electron chi connectivity index (χ4n) is 2.78. The highest BCUT2D eigenvalue weighted by Crippen LogP contribution is 2.29. The van der Waals surface area contributed by atoms with Crippen LogP contribution in [0.3, 0.4) is 0 Å². The van der Waals surface area contributed by atoms with Crippen LogP contribution in [0.4, 0.5) is 0 Å². The van der Waals surface area contributed by atoms with Gasteiger partial charge in [0, 0.05) is 18.7 Å². The maximum absolute atomic E-state index is 12.4. The Morgan fingerprint density at radius 3 is 2.80 bits per heavy atom. The molecule has 0 unspecified atom stereocenters. The zero-order valence-corrected chi connectivity index (χ0v) is 11.8. The molecule has 2 aliphatic rings. The zero-order chi connectivity index (χ0) is 13.8. The second-order valence-electron chi connectivity index (χ2n) is 5.76. The van der Waals surface area contributed by atoms with Crippen LogP contribution < -0.4 is 5.32 Å². The molecule has 0 atom stereocenters. The van der Waals surface area contributed by atoms with E-state index in [0.29, 0.717) is 12.0 Å². The van der Waals surface area contributed by atoms with Crippen molar-refractivity contribution in [3.05, 3.63) is 30.2 Å². The van der Waals surface area contributed by atoms with E-state index in [1.165, 1.54) is 12.8 Å². The normalized spacial score (nSPS) is 20.4. The van der Waals surface area contributed by atoms with Crippen molar-refractivity contribution in [1.29, 1.82) is 0 Å². The Hall–Kier alpha value is -1.55. The number of furan rings is 1. The van der Waals surface area contributed by atoms with E-state index in [1.54, 1.807) is 18.4 Å². The van der Waals surface area contributed by atoms with Gasteiger partial charge in [-0.05, 0) is 62.9 Å². The molecule has 3 rings (SSSR count). The van der Waals surface area contributed by atoms with E-state index in [-0.39, 0.29) is 5.91 Å². The molecule has 0 aromatic carbocycles. The SMILES string of the molecule is O=C(C=Cc1ccco1)N(CC1CCNCC1)C1CC1. The van der Waals surface area contributed by atoms with Gasteiger partial charge in [0.05, 0.1) is 6.26 Å². The smallest absolute Gasteiger partial charge is 0.246 e. The summed E-state index contributed by atoms with van der Waals surface area (Å²) in [6.45, 7) is 3.08. The molecule has 1 amide bonds. The van der Waals surface area contributed by atoms with Crippen molar-refractivity contribution in [2.45, 2.75) is 31.7 Å². The van der Waals surface area contributed by atoms with E-state index >= 15 is 0 Å². The molecule has 1 aliphatic heterocycles. The van der Waals surface area contributed by atoms with Gasteiger partial charge in [0.2, 0.25) is 5.91 Å². The zero-order valence-electron chi connectivity index (χ0n) is 11.8. The van der Waals surface area contributed by atoms with Crippen LogP contribution in [0.15, 0.2) is 28.9 Å². The van der Waals surface area contributed by atoms with Crippen LogP contribution in [-0.4, -0.2) is 36.5 Å². The third-order valence-electron chi connectivity index (χ3n) is 4.12. The number of nitrogens with zero attached hydrogens (tertiary/aromatic N) is 1. The summed E-state index contributed by atoms with van der Waals surface area (Å²) in [7, 11) is 0. The highest BCUT2D eigenvalue weighted by Gasteiger charge is 2.33. The minimum Gasteiger partial charge on any atom is -0.465 e. The number of carbonyl (C=O) groups excluding carboxylic acids is 1. The molecule has 1 saturated heterocycles. The minimum atomic E-state index is 0.127. The molecule has 1 N–H and O–H groups in total. The average Bonchev–Trinajstić information content (AvgIpc) is 3.19. The number of hydrogen-bond acceptors (Lipinski definition) is 3. The molecule has 108 valence electrons. The lowest BCUT2D eigenvalue weighted by Gasteiger charge is -2.29. The van der Waals surface area contributed by atoms with E-state index in [2.05, 4.69) is 10.2 Å². The molecule has 0 bridgehead atoms. The van der Waals surface area contributed by atoms with Gasteiger partial charge in [-0.1, -0.05) is 0 Å². The molecule has 2 heterocycles. The molecule has 1 aliphatic carbocycles. The van der Waals surface area contributed by atoms with Crippen LogP contribution in [0.1, 0.15) is 31.4 Å². The van der Waals surface area contributed by atoms with Crippen molar-refractivity contribution < 1.29 is 9.21 Å². The summed E-state index contributed by atoms with van der Waals surface area (Å²) >= 11 is 0. The first-order valence-electron chi connectivity index (χ1n) is 7.56. The monoisotopic (exact) mass is 274 g/mol. The van der Waals surface area contributed by atoms with Gasteiger partial charge in [-0.2, -0.15) is 0 Å². The molecule has 1 aromatic heterocycles. The van der Waals surface area contributed by atoms with Gasteiger partial charge in [-0.3, -0.25) is 4.79 Å². The standard InChI is InChI=1S/C16H22N2O2/c19-16(6-5-15-2-1-11-20-15)18(14-3-4-14)12-13-7-9-17-10-8-13/h1-2,5-6,11,13-14,17H,3-4,7-10,12H2. The lowest BCUT2D eigenvalue weighted by atomic mass is 9.97. The quantitative estimate of drug-likeness (QED) is 0.838. The maximum atomic E-state index is 12.4. The van der Waals surface area contributed by atoms with Gasteiger partial charge in [0.15, 0.2) is 0 Å². The predicted molar refractivity (Wildman–Crippen MR) is 78.1 cm³/mol. The Balaban J connectivity index is 1.59. The molecule has 1 aromatic rings. The highest BCUT2D eigenvalue weighted by molar-refractivity contribution is 5.91. The number of piperidine rings is 1. The maximum Gasteiger partial charge on any atom is 0.246 e. The van der Waals surface area contributed by atoms with Crippen molar-refractivity contribution in [3.63, 3.8) is 0 Å². The fourth-order valence-corrected chi connectivity index (χ4v) is 2.78. The van der Waals surface area contributed by atoms with Crippen LogP contribution in [0.2, 0.25) is 0 Å². The summed E-state index contributed by atoms with van der Waals surface area (Å²) in [4.78, 5) is 14.4. The molecule has 0 radical (unpaired) electrons. The van der Waals surface area contributed by atoms with E-state index in [9.17, 15) is 4.79 Å². The lowest BCUT2D eigenvalue weighted by Crippen LogP contribution is -2.39. The van der Waals surface area contributed by atoms with Crippen LogP contribution in [0.25, 0.3) is 6.08 Å². The molecular weight excluding hydrogens is 252 g/mol. The molecule has 20 heavy (non-hydrogen) atoms. The van der Waals surface area contributed by atoms with Crippen molar-refractivity contribution in [1.82, 2.24) is 10.2 Å². The van der Waals surface area contributed by atoms with E-state index in [4.69, 9.17) is 4.42 Å². The molecular formula is C16H22N2O2. The Morgan fingerprint density at radius 1 is 1.35 bits per heavy atom. The molecule has 0 spiro atoms. The summed E-state index contributed by atoms with van der Waals surface area (Å²) in [6.07, 6.45) is 9.71. The third kappa shape index (κ3) is 3.51. The van der Waals surface area contributed by atoms with Gasteiger partial charge in [0.25, 0.3) is 0 Å². The van der Waals surface area contributed by atoms with Crippen molar-refractivity contribution in [2.24, 2.45) is 5.92 Å². The van der Waals surface area contributed by atoms with Gasteiger partial charge in [-0.15, -0.1) is 0 Å². The second kappa shape index (κ2) is 6.27. The number of nitrogens with one attached hydrogen (secondary N) is 1. The highest BCUT2D eigenvalue weighted by atomic mass is 16.3. The minimum absolute atomic E-state index is 0.127. The Bertz CT molecular complexity index is 457. The number of carbonyl (C=O) groups is 1. The van der Waals surface area contributed by atoms with Crippen LogP contribution in [-0.2, 0) is 4.79 Å². The van der Waals surface area contributed by atoms with Gasteiger partial charge in [0.1, 0.15) is 5.76 Å². The van der Waals surface area contributed by atoms with Gasteiger partial charge >= 0.3 is 0 Å². The molecule has 4 nitrogen and oxygen atoms in total. The molecule has 4 heteroatoms. The summed E-state index contributed by atoms with van der Waals surface area (Å²) in [6, 6.07) is 4.16. The summed E-state index contributed by atoms with van der Waals surface area (Å²) < 4.78 is 5.22. The molecule has 2 fully saturated rings. The summed E-state index contributed by atoms with van der Waals surface area (Å²) in [5.74, 6) is 1.51. The summed E-state index contributed by atoms with van der Waals surface area (Å²) in [5.41, 5.74) is 0. The molecule has 1 saturated carbocycles. The largest absolute Gasteiger partial charge is 0.465 e. The number of amides is 1. The van der Waals surface area contributed by atoms with Gasteiger partial charge < -0.3 is 14.6 Å². The van der Waals surface area contributed by atoms with Crippen molar-refractivity contribution in [3.8, 4) is 0 Å². The number of rotatable bonds is 5. The van der Waals surface area contributed by atoms with E-state index in [0.717, 1.165) is 38.2 Å². The number of hydrogen-bond donors (Lipinski definition) is 1. The van der Waals surface area contributed by atoms with Crippen molar-refractivity contribution in [2.75, 3.05) is 19.6 Å².